The Hall–Kier alpha value is -2.53. The van der Waals surface area contributed by atoms with Crippen LogP contribution >= 0.6 is 0 Å². The second-order valence-electron chi connectivity index (χ2n) is 7.82. The Kier molecular flexibility index (Phi) is 5.81. The molecule has 0 spiro atoms. The van der Waals surface area contributed by atoms with Gasteiger partial charge in [-0.3, -0.25) is 4.79 Å². The maximum atomic E-state index is 12.7. The summed E-state index contributed by atoms with van der Waals surface area (Å²) in [5, 5.41) is 3.29. The number of ether oxygens (including phenoxy) is 1. The molecule has 5 nitrogen and oxygen atoms in total. The molecular formula is C23H30N3O2+. The van der Waals surface area contributed by atoms with Crippen molar-refractivity contribution in [3.05, 3.63) is 59.7 Å². The van der Waals surface area contributed by atoms with E-state index in [9.17, 15) is 4.79 Å². The van der Waals surface area contributed by atoms with E-state index in [2.05, 4.69) is 46.6 Å². The molecule has 0 unspecified atom stereocenters. The average Bonchev–Trinajstić information content (AvgIpc) is 2.75. The lowest BCUT2D eigenvalue weighted by molar-refractivity contribution is -0.892. The van der Waals surface area contributed by atoms with Gasteiger partial charge in [0.2, 0.25) is 0 Å². The smallest absolute Gasteiger partial charge is 0.275 e. The van der Waals surface area contributed by atoms with Crippen LogP contribution in [-0.2, 0) is 11.2 Å². The highest BCUT2D eigenvalue weighted by Gasteiger charge is 2.25. The fourth-order valence-electron chi connectivity index (χ4n) is 4.43. The SMILES string of the molecule is COc1ccc(N2CC[NH+](CC(=O)N[C@H]3CCCc4ccccc43)CC2)cc1. The first-order valence-electron chi connectivity index (χ1n) is 10.3. The topological polar surface area (TPSA) is 46.0 Å². The van der Waals surface area contributed by atoms with Gasteiger partial charge in [-0.25, -0.2) is 0 Å². The second-order valence-corrected chi connectivity index (χ2v) is 7.82. The van der Waals surface area contributed by atoms with Gasteiger partial charge in [-0.1, -0.05) is 24.3 Å². The molecule has 4 rings (SSSR count). The first-order valence-corrected chi connectivity index (χ1v) is 10.3. The summed E-state index contributed by atoms with van der Waals surface area (Å²) in [6, 6.07) is 16.9. The molecule has 0 saturated carbocycles. The van der Waals surface area contributed by atoms with E-state index in [0.717, 1.165) is 51.2 Å². The molecule has 2 aliphatic rings. The van der Waals surface area contributed by atoms with Crippen LogP contribution < -0.4 is 19.9 Å². The summed E-state index contributed by atoms with van der Waals surface area (Å²) in [6.07, 6.45) is 3.32. The number of hydrogen-bond donors (Lipinski definition) is 2. The largest absolute Gasteiger partial charge is 0.497 e. The van der Waals surface area contributed by atoms with E-state index in [1.807, 2.05) is 12.1 Å². The number of piperazine rings is 1. The number of hydrogen-bond acceptors (Lipinski definition) is 3. The molecular weight excluding hydrogens is 350 g/mol. The molecule has 0 bridgehead atoms. The zero-order valence-corrected chi connectivity index (χ0v) is 16.6. The van der Waals surface area contributed by atoms with Gasteiger partial charge in [-0.2, -0.15) is 0 Å². The third-order valence-electron chi connectivity index (χ3n) is 6.02. The second kappa shape index (κ2) is 8.65. The third-order valence-corrected chi connectivity index (χ3v) is 6.02. The summed E-state index contributed by atoms with van der Waals surface area (Å²) in [7, 11) is 1.69. The number of methoxy groups -OCH3 is 1. The van der Waals surface area contributed by atoms with Crippen LogP contribution in [0.15, 0.2) is 48.5 Å². The minimum Gasteiger partial charge on any atom is -0.497 e. The van der Waals surface area contributed by atoms with E-state index >= 15 is 0 Å². The number of quaternary nitrogens is 1. The van der Waals surface area contributed by atoms with E-state index < -0.39 is 0 Å². The summed E-state index contributed by atoms with van der Waals surface area (Å²) in [5.41, 5.74) is 3.92. The number of carbonyl (C=O) groups excluding carboxylic acids is 1. The van der Waals surface area contributed by atoms with Crippen LogP contribution in [0.3, 0.4) is 0 Å². The molecule has 1 atom stereocenters. The predicted octanol–water partition coefficient (Wildman–Crippen LogP) is 1.59. The molecule has 148 valence electrons. The normalized spacial score (nSPS) is 19.8. The van der Waals surface area contributed by atoms with E-state index in [-0.39, 0.29) is 11.9 Å². The fraction of sp³-hybridized carbons (Fsp3) is 0.435. The standard InChI is InChI=1S/C23H29N3O2/c1-28-20-11-9-19(10-12-20)26-15-13-25(14-16-26)17-23(27)24-22-8-4-6-18-5-2-3-7-21(18)22/h2-3,5,7,9-12,22H,4,6,8,13-17H2,1H3,(H,24,27)/p+1/t22-/m0/s1. The van der Waals surface area contributed by atoms with Crippen molar-refractivity contribution in [3.63, 3.8) is 0 Å². The number of nitrogens with one attached hydrogen (secondary N) is 2. The van der Waals surface area contributed by atoms with Crippen LogP contribution in [0.1, 0.15) is 30.0 Å². The highest BCUT2D eigenvalue weighted by atomic mass is 16.5. The maximum absolute atomic E-state index is 12.7. The highest BCUT2D eigenvalue weighted by molar-refractivity contribution is 5.77. The number of carbonyl (C=O) groups is 1. The molecule has 2 aromatic rings. The average molecular weight is 381 g/mol. The fourth-order valence-corrected chi connectivity index (χ4v) is 4.43. The molecule has 0 aromatic heterocycles. The number of anilines is 1. The van der Waals surface area contributed by atoms with Crippen molar-refractivity contribution >= 4 is 11.6 Å². The van der Waals surface area contributed by atoms with Crippen LogP contribution in [0, 0.1) is 0 Å². The van der Waals surface area contributed by atoms with Crippen LogP contribution in [0.5, 0.6) is 5.75 Å². The Morgan fingerprint density at radius 3 is 2.64 bits per heavy atom. The van der Waals surface area contributed by atoms with Gasteiger partial charge in [-0.15, -0.1) is 0 Å². The number of benzene rings is 2. The number of fused-ring (bicyclic) bond motifs is 1. The van der Waals surface area contributed by atoms with Crippen molar-refractivity contribution < 1.29 is 14.4 Å². The first kappa shape index (κ1) is 18.8. The summed E-state index contributed by atoms with van der Waals surface area (Å²) >= 11 is 0. The Bertz CT molecular complexity index is 798. The molecule has 0 radical (unpaired) electrons. The summed E-state index contributed by atoms with van der Waals surface area (Å²) < 4.78 is 5.23. The Balaban J connectivity index is 1.27. The number of aryl methyl sites for hydroxylation is 1. The van der Waals surface area contributed by atoms with Crippen LogP contribution in [0.4, 0.5) is 5.69 Å². The summed E-state index contributed by atoms with van der Waals surface area (Å²) in [4.78, 5) is 16.4. The van der Waals surface area contributed by atoms with Crippen molar-refractivity contribution in [3.8, 4) is 5.75 Å². The molecule has 1 aliphatic heterocycles. The zero-order valence-electron chi connectivity index (χ0n) is 16.6. The lowest BCUT2D eigenvalue weighted by Crippen LogP contribution is -3.16. The minimum absolute atomic E-state index is 0.176. The molecule has 2 N–H and O–H groups in total. The minimum atomic E-state index is 0.176. The van der Waals surface area contributed by atoms with Crippen LogP contribution in [0.25, 0.3) is 0 Å². The quantitative estimate of drug-likeness (QED) is 0.828. The van der Waals surface area contributed by atoms with E-state index in [4.69, 9.17) is 4.74 Å². The van der Waals surface area contributed by atoms with Gasteiger partial charge in [0.1, 0.15) is 5.75 Å². The van der Waals surface area contributed by atoms with Gasteiger partial charge in [0.25, 0.3) is 5.91 Å². The Morgan fingerprint density at radius 2 is 1.89 bits per heavy atom. The monoisotopic (exact) mass is 380 g/mol. The maximum Gasteiger partial charge on any atom is 0.275 e. The highest BCUT2D eigenvalue weighted by Crippen LogP contribution is 2.29. The van der Waals surface area contributed by atoms with Crippen molar-refractivity contribution in [1.29, 1.82) is 0 Å². The molecule has 2 aromatic carbocycles. The van der Waals surface area contributed by atoms with E-state index in [1.165, 1.54) is 21.7 Å². The van der Waals surface area contributed by atoms with Gasteiger partial charge in [0, 0.05) is 5.69 Å². The van der Waals surface area contributed by atoms with Gasteiger partial charge >= 0.3 is 0 Å². The van der Waals surface area contributed by atoms with Gasteiger partial charge in [0.05, 0.1) is 39.3 Å². The predicted molar refractivity (Wildman–Crippen MR) is 111 cm³/mol. The van der Waals surface area contributed by atoms with Crippen molar-refractivity contribution in [2.45, 2.75) is 25.3 Å². The first-order chi connectivity index (χ1) is 13.7. The van der Waals surface area contributed by atoms with Gasteiger partial charge < -0.3 is 19.9 Å². The van der Waals surface area contributed by atoms with E-state index in [0.29, 0.717) is 6.54 Å². The number of amides is 1. The van der Waals surface area contributed by atoms with Crippen molar-refractivity contribution in [2.24, 2.45) is 0 Å². The Labute approximate surface area is 167 Å². The zero-order chi connectivity index (χ0) is 19.3. The molecule has 1 fully saturated rings. The molecule has 28 heavy (non-hydrogen) atoms. The lowest BCUT2D eigenvalue weighted by atomic mass is 9.88. The molecule has 1 heterocycles. The molecule has 1 aliphatic carbocycles. The molecule has 5 heteroatoms. The summed E-state index contributed by atoms with van der Waals surface area (Å²) in [6.45, 7) is 4.49. The summed E-state index contributed by atoms with van der Waals surface area (Å²) in [5.74, 6) is 1.06. The molecule has 1 saturated heterocycles. The van der Waals surface area contributed by atoms with Gasteiger partial charge in [-0.05, 0) is 54.7 Å². The lowest BCUT2D eigenvalue weighted by Gasteiger charge is -2.34. The molecule has 1 amide bonds. The Morgan fingerprint density at radius 1 is 1.14 bits per heavy atom. The third kappa shape index (κ3) is 4.30. The number of nitrogens with zero attached hydrogens (tertiary/aromatic N) is 1. The van der Waals surface area contributed by atoms with Crippen LogP contribution in [0.2, 0.25) is 0 Å². The van der Waals surface area contributed by atoms with Gasteiger partial charge in [0.15, 0.2) is 6.54 Å². The van der Waals surface area contributed by atoms with Crippen molar-refractivity contribution in [1.82, 2.24) is 5.32 Å². The van der Waals surface area contributed by atoms with E-state index in [1.54, 1.807) is 7.11 Å². The number of rotatable bonds is 5. The van der Waals surface area contributed by atoms with Crippen LogP contribution in [-0.4, -0.2) is 45.7 Å². The van der Waals surface area contributed by atoms with Crippen molar-refractivity contribution in [2.75, 3.05) is 44.7 Å².